The molecule has 2 rings (SSSR count). The molecule has 0 radical (unpaired) electrons. The number of sulfonamides is 1. The molecule has 0 aliphatic carbocycles. The van der Waals surface area contributed by atoms with Gasteiger partial charge in [0.2, 0.25) is 0 Å². The summed E-state index contributed by atoms with van der Waals surface area (Å²) in [6.45, 7) is 0.424. The molecule has 0 aliphatic rings. The van der Waals surface area contributed by atoms with E-state index >= 15 is 0 Å². The second kappa shape index (κ2) is 6.66. The quantitative estimate of drug-likeness (QED) is 0.872. The molecule has 0 bridgehead atoms. The van der Waals surface area contributed by atoms with Gasteiger partial charge < -0.3 is 5.32 Å². The number of hydrogen-bond donors (Lipinski definition) is 2. The van der Waals surface area contributed by atoms with Crippen molar-refractivity contribution in [1.29, 1.82) is 0 Å². The van der Waals surface area contributed by atoms with Crippen LogP contribution in [0.1, 0.15) is 5.56 Å². The maximum atomic E-state index is 12.5. The first-order valence-corrected chi connectivity index (χ1v) is 8.38. The van der Waals surface area contributed by atoms with E-state index in [1.807, 2.05) is 0 Å². The van der Waals surface area contributed by atoms with E-state index in [1.165, 1.54) is 6.07 Å². The lowest BCUT2D eigenvalue weighted by Gasteiger charge is -2.13. The SMILES string of the molecule is CNCc1cc(Cl)cc(S(=O)(=O)Nc2ccccc2)c1Cl. The fraction of sp³-hybridized carbons (Fsp3) is 0.143. The molecule has 2 aromatic carbocycles. The Morgan fingerprint density at radius 2 is 1.76 bits per heavy atom. The predicted molar refractivity (Wildman–Crippen MR) is 86.5 cm³/mol. The van der Waals surface area contributed by atoms with E-state index in [1.54, 1.807) is 43.4 Å². The number of benzene rings is 2. The van der Waals surface area contributed by atoms with Crippen LogP contribution in [0.25, 0.3) is 0 Å². The van der Waals surface area contributed by atoms with Gasteiger partial charge in [0, 0.05) is 17.3 Å². The van der Waals surface area contributed by atoms with Gasteiger partial charge in [0.25, 0.3) is 10.0 Å². The first-order chi connectivity index (χ1) is 9.94. The van der Waals surface area contributed by atoms with Gasteiger partial charge in [0.05, 0.1) is 5.02 Å². The minimum atomic E-state index is -3.80. The van der Waals surface area contributed by atoms with Crippen LogP contribution < -0.4 is 10.0 Å². The fourth-order valence-electron chi connectivity index (χ4n) is 1.85. The minimum absolute atomic E-state index is 0.0363. The van der Waals surface area contributed by atoms with Gasteiger partial charge in [-0.25, -0.2) is 8.42 Å². The number of halogens is 2. The van der Waals surface area contributed by atoms with Crippen molar-refractivity contribution in [2.24, 2.45) is 0 Å². The molecule has 0 aliphatic heterocycles. The van der Waals surface area contributed by atoms with Crippen molar-refractivity contribution >= 4 is 38.9 Å². The van der Waals surface area contributed by atoms with E-state index in [0.29, 0.717) is 22.8 Å². The van der Waals surface area contributed by atoms with Crippen molar-refractivity contribution in [3.63, 3.8) is 0 Å². The molecular weight excluding hydrogens is 331 g/mol. The Morgan fingerprint density at radius 1 is 1.10 bits per heavy atom. The van der Waals surface area contributed by atoms with Crippen molar-refractivity contribution < 1.29 is 8.42 Å². The van der Waals surface area contributed by atoms with Crippen LogP contribution in [-0.4, -0.2) is 15.5 Å². The molecule has 0 heterocycles. The van der Waals surface area contributed by atoms with Gasteiger partial charge in [-0.15, -0.1) is 0 Å². The number of nitrogens with one attached hydrogen (secondary N) is 2. The highest BCUT2D eigenvalue weighted by atomic mass is 35.5. The van der Waals surface area contributed by atoms with E-state index in [9.17, 15) is 8.42 Å². The first kappa shape index (κ1) is 16.1. The van der Waals surface area contributed by atoms with Crippen LogP contribution >= 0.6 is 23.2 Å². The lowest BCUT2D eigenvalue weighted by Crippen LogP contribution is -2.15. The first-order valence-electron chi connectivity index (χ1n) is 6.14. The average molecular weight is 345 g/mol. The molecule has 0 amide bonds. The van der Waals surface area contributed by atoms with Gasteiger partial charge >= 0.3 is 0 Å². The van der Waals surface area contributed by atoms with Crippen LogP contribution in [0.2, 0.25) is 10.0 Å². The molecule has 0 unspecified atom stereocenters. The van der Waals surface area contributed by atoms with Gasteiger partial charge in [-0.1, -0.05) is 41.4 Å². The van der Waals surface area contributed by atoms with Crippen LogP contribution in [0.3, 0.4) is 0 Å². The van der Waals surface area contributed by atoms with Gasteiger partial charge in [0.1, 0.15) is 4.90 Å². The molecule has 4 nitrogen and oxygen atoms in total. The molecule has 0 saturated carbocycles. The predicted octanol–water partition coefficient (Wildman–Crippen LogP) is 3.51. The number of anilines is 1. The summed E-state index contributed by atoms with van der Waals surface area (Å²) in [6.07, 6.45) is 0. The zero-order valence-electron chi connectivity index (χ0n) is 11.2. The van der Waals surface area contributed by atoms with Crippen LogP contribution in [0.15, 0.2) is 47.4 Å². The van der Waals surface area contributed by atoms with Crippen LogP contribution in [0, 0.1) is 0 Å². The number of para-hydroxylation sites is 1. The van der Waals surface area contributed by atoms with Gasteiger partial charge in [0.15, 0.2) is 0 Å². The number of hydrogen-bond acceptors (Lipinski definition) is 3. The average Bonchev–Trinajstić information content (AvgIpc) is 2.43. The monoisotopic (exact) mass is 344 g/mol. The highest BCUT2D eigenvalue weighted by Gasteiger charge is 2.21. The largest absolute Gasteiger partial charge is 0.316 e. The van der Waals surface area contributed by atoms with Crippen molar-refractivity contribution in [2.45, 2.75) is 11.4 Å². The normalized spacial score (nSPS) is 11.4. The lowest BCUT2D eigenvalue weighted by atomic mass is 10.2. The van der Waals surface area contributed by atoms with Crippen molar-refractivity contribution in [2.75, 3.05) is 11.8 Å². The molecule has 21 heavy (non-hydrogen) atoms. The van der Waals surface area contributed by atoms with Gasteiger partial charge in [-0.3, -0.25) is 4.72 Å². The third kappa shape index (κ3) is 3.89. The summed E-state index contributed by atoms with van der Waals surface area (Å²) in [5.74, 6) is 0. The van der Waals surface area contributed by atoms with E-state index in [2.05, 4.69) is 10.0 Å². The summed E-state index contributed by atoms with van der Waals surface area (Å²) < 4.78 is 27.4. The maximum absolute atomic E-state index is 12.5. The maximum Gasteiger partial charge on any atom is 0.263 e. The molecular formula is C14H14Cl2N2O2S. The van der Waals surface area contributed by atoms with E-state index < -0.39 is 10.0 Å². The minimum Gasteiger partial charge on any atom is -0.316 e. The Hall–Kier alpha value is -1.27. The Labute approximate surface area is 134 Å². The zero-order chi connectivity index (χ0) is 15.5. The van der Waals surface area contributed by atoms with E-state index in [4.69, 9.17) is 23.2 Å². The second-order valence-corrected chi connectivity index (χ2v) is 6.84. The highest BCUT2D eigenvalue weighted by molar-refractivity contribution is 7.92. The van der Waals surface area contributed by atoms with Crippen molar-refractivity contribution in [3.05, 3.63) is 58.1 Å². The van der Waals surface area contributed by atoms with E-state index in [0.717, 1.165) is 0 Å². The van der Waals surface area contributed by atoms with Crippen molar-refractivity contribution in [1.82, 2.24) is 5.32 Å². The fourth-order valence-corrected chi connectivity index (χ4v) is 3.84. The van der Waals surface area contributed by atoms with Crippen LogP contribution in [0.4, 0.5) is 5.69 Å². The summed E-state index contributed by atoms with van der Waals surface area (Å²) >= 11 is 12.2. The van der Waals surface area contributed by atoms with Crippen LogP contribution in [-0.2, 0) is 16.6 Å². The number of rotatable bonds is 5. The molecule has 0 aromatic heterocycles. The summed E-state index contributed by atoms with van der Waals surface area (Å²) in [5, 5.41) is 3.40. The third-order valence-electron chi connectivity index (χ3n) is 2.76. The van der Waals surface area contributed by atoms with Gasteiger partial charge in [-0.05, 0) is 36.9 Å². The Bertz CT molecular complexity index is 734. The standard InChI is InChI=1S/C14H14Cl2N2O2S/c1-17-9-10-7-11(15)8-13(14(10)16)21(19,20)18-12-5-3-2-4-6-12/h2-8,17-18H,9H2,1H3. The Balaban J connectivity index is 2.45. The molecule has 0 spiro atoms. The Morgan fingerprint density at radius 3 is 2.38 bits per heavy atom. The molecule has 7 heteroatoms. The molecule has 0 atom stereocenters. The third-order valence-corrected chi connectivity index (χ3v) is 4.94. The van der Waals surface area contributed by atoms with Crippen molar-refractivity contribution in [3.8, 4) is 0 Å². The zero-order valence-corrected chi connectivity index (χ0v) is 13.6. The molecule has 0 saturated heterocycles. The summed E-state index contributed by atoms with van der Waals surface area (Å²) in [4.78, 5) is -0.0363. The summed E-state index contributed by atoms with van der Waals surface area (Å²) in [6, 6.07) is 11.6. The molecule has 2 N–H and O–H groups in total. The topological polar surface area (TPSA) is 58.2 Å². The summed E-state index contributed by atoms with van der Waals surface area (Å²) in [7, 11) is -2.06. The second-order valence-electron chi connectivity index (χ2n) is 4.38. The summed E-state index contributed by atoms with van der Waals surface area (Å²) in [5.41, 5.74) is 1.09. The van der Waals surface area contributed by atoms with Gasteiger partial charge in [-0.2, -0.15) is 0 Å². The van der Waals surface area contributed by atoms with Crippen LogP contribution in [0.5, 0.6) is 0 Å². The van der Waals surface area contributed by atoms with E-state index in [-0.39, 0.29) is 9.92 Å². The highest BCUT2D eigenvalue weighted by Crippen LogP contribution is 2.30. The smallest absolute Gasteiger partial charge is 0.263 e. The molecule has 0 fully saturated rings. The molecule has 2 aromatic rings. The Kier molecular flexibility index (Phi) is 5.11. The lowest BCUT2D eigenvalue weighted by molar-refractivity contribution is 0.601. The molecule has 112 valence electrons.